The number of rotatable bonds is 5. The Bertz CT molecular complexity index is 747. The van der Waals surface area contributed by atoms with Crippen molar-refractivity contribution in [3.63, 3.8) is 0 Å². The molecular formula is C20H34IN7O. The molecule has 3 aliphatic rings. The molecule has 8 nitrogen and oxygen atoms in total. The standard InChI is InChI=1S/C20H33N7O.HI/c1-4-17-24-18-8-7-15(12-27(18)25-17)22-20(21-11-19(28)26(2)3)23-16-10-13-5-6-14(16)9-13;/h13-16H,4-12H2,1-3H3,(H2,21,22,23);1H. The van der Waals surface area contributed by atoms with Gasteiger partial charge in [0.25, 0.3) is 0 Å². The predicted molar refractivity (Wildman–Crippen MR) is 123 cm³/mol. The minimum absolute atomic E-state index is 0. The Hall–Kier alpha value is -1.39. The summed E-state index contributed by atoms with van der Waals surface area (Å²) in [5, 5.41) is 11.8. The lowest BCUT2D eigenvalue weighted by Crippen LogP contribution is -2.51. The molecule has 2 heterocycles. The summed E-state index contributed by atoms with van der Waals surface area (Å²) in [6, 6.07) is 0.731. The lowest BCUT2D eigenvalue weighted by molar-refractivity contribution is -0.127. The van der Waals surface area contributed by atoms with Crippen molar-refractivity contribution in [1.82, 2.24) is 30.3 Å². The third-order valence-electron chi connectivity index (χ3n) is 6.49. The number of nitrogens with one attached hydrogen (secondary N) is 2. The zero-order chi connectivity index (χ0) is 19.7. The highest BCUT2D eigenvalue weighted by molar-refractivity contribution is 14.0. The molecule has 2 saturated carbocycles. The fraction of sp³-hybridized carbons (Fsp3) is 0.800. The molecule has 2 aliphatic carbocycles. The van der Waals surface area contributed by atoms with E-state index in [2.05, 4.69) is 32.6 Å². The maximum Gasteiger partial charge on any atom is 0.243 e. The Morgan fingerprint density at radius 1 is 1.24 bits per heavy atom. The average molecular weight is 515 g/mol. The number of carbonyl (C=O) groups excluding carboxylic acids is 1. The van der Waals surface area contributed by atoms with Crippen molar-refractivity contribution in [2.24, 2.45) is 16.8 Å². The quantitative estimate of drug-likeness (QED) is 0.354. The SMILES string of the molecule is CCc1nc2n(n1)CC(NC(=NCC(=O)N(C)C)NC1CC3CCC1C3)CC2.I. The van der Waals surface area contributed by atoms with Gasteiger partial charge in [0, 0.05) is 39.0 Å². The largest absolute Gasteiger partial charge is 0.353 e. The first-order valence-corrected chi connectivity index (χ1v) is 10.7. The van der Waals surface area contributed by atoms with Crippen molar-refractivity contribution >= 4 is 35.8 Å². The zero-order valence-electron chi connectivity index (χ0n) is 17.7. The van der Waals surface area contributed by atoms with E-state index in [0.29, 0.717) is 6.04 Å². The van der Waals surface area contributed by atoms with Gasteiger partial charge in [0.05, 0.1) is 6.54 Å². The van der Waals surface area contributed by atoms with E-state index in [1.807, 2.05) is 4.68 Å². The van der Waals surface area contributed by atoms with E-state index in [-0.39, 0.29) is 42.5 Å². The molecule has 0 spiro atoms. The minimum atomic E-state index is 0. The normalized spacial score (nSPS) is 27.9. The Morgan fingerprint density at radius 3 is 2.72 bits per heavy atom. The summed E-state index contributed by atoms with van der Waals surface area (Å²) in [7, 11) is 3.54. The molecule has 29 heavy (non-hydrogen) atoms. The number of aliphatic imine (C=N–C) groups is 1. The molecule has 4 unspecified atom stereocenters. The molecule has 2 N–H and O–H groups in total. The number of halogens is 1. The molecule has 0 saturated heterocycles. The van der Waals surface area contributed by atoms with Gasteiger partial charge in [-0.3, -0.25) is 4.79 Å². The van der Waals surface area contributed by atoms with Gasteiger partial charge in [0.2, 0.25) is 5.91 Å². The summed E-state index contributed by atoms with van der Waals surface area (Å²) in [5.41, 5.74) is 0. The molecule has 162 valence electrons. The van der Waals surface area contributed by atoms with Gasteiger partial charge >= 0.3 is 0 Å². The first-order valence-electron chi connectivity index (χ1n) is 10.7. The number of guanidine groups is 1. The lowest BCUT2D eigenvalue weighted by Gasteiger charge is -2.29. The highest BCUT2D eigenvalue weighted by Crippen LogP contribution is 2.44. The number of fused-ring (bicyclic) bond motifs is 3. The highest BCUT2D eigenvalue weighted by atomic mass is 127. The topological polar surface area (TPSA) is 87.4 Å². The zero-order valence-corrected chi connectivity index (χ0v) is 20.1. The molecular weight excluding hydrogens is 481 g/mol. The van der Waals surface area contributed by atoms with Gasteiger partial charge in [-0.05, 0) is 37.5 Å². The van der Waals surface area contributed by atoms with Crippen molar-refractivity contribution in [3.8, 4) is 0 Å². The van der Waals surface area contributed by atoms with E-state index in [4.69, 9.17) is 0 Å². The number of nitrogens with zero attached hydrogens (tertiary/aromatic N) is 5. The third-order valence-corrected chi connectivity index (χ3v) is 6.49. The van der Waals surface area contributed by atoms with Crippen molar-refractivity contribution in [1.29, 1.82) is 0 Å². The molecule has 1 amide bonds. The van der Waals surface area contributed by atoms with Crippen LogP contribution in [0.5, 0.6) is 0 Å². The van der Waals surface area contributed by atoms with E-state index >= 15 is 0 Å². The third kappa shape index (κ3) is 5.21. The lowest BCUT2D eigenvalue weighted by atomic mass is 9.95. The van der Waals surface area contributed by atoms with Crippen LogP contribution in [0.3, 0.4) is 0 Å². The van der Waals surface area contributed by atoms with Crippen LogP contribution in [-0.4, -0.2) is 64.3 Å². The number of likely N-dealkylation sites (N-methyl/N-ethyl adjacent to an activating group) is 1. The van der Waals surface area contributed by atoms with Crippen LogP contribution in [0.4, 0.5) is 0 Å². The van der Waals surface area contributed by atoms with E-state index in [9.17, 15) is 4.79 Å². The van der Waals surface area contributed by atoms with Gasteiger partial charge in [-0.15, -0.1) is 24.0 Å². The molecule has 0 aromatic carbocycles. The number of aromatic nitrogens is 3. The fourth-order valence-electron chi connectivity index (χ4n) is 4.84. The molecule has 0 radical (unpaired) electrons. The minimum Gasteiger partial charge on any atom is -0.353 e. The van der Waals surface area contributed by atoms with Gasteiger partial charge < -0.3 is 15.5 Å². The maximum absolute atomic E-state index is 12.0. The molecule has 1 aromatic rings. The number of hydrogen-bond donors (Lipinski definition) is 2. The number of amides is 1. The van der Waals surface area contributed by atoms with E-state index in [1.54, 1.807) is 19.0 Å². The Morgan fingerprint density at radius 2 is 2.07 bits per heavy atom. The van der Waals surface area contributed by atoms with Crippen LogP contribution in [0.2, 0.25) is 0 Å². The summed E-state index contributed by atoms with van der Waals surface area (Å²) in [6.07, 6.45) is 8.04. The van der Waals surface area contributed by atoms with E-state index in [0.717, 1.165) is 55.3 Å². The van der Waals surface area contributed by atoms with Gasteiger partial charge in [-0.25, -0.2) is 14.7 Å². The smallest absolute Gasteiger partial charge is 0.243 e. The van der Waals surface area contributed by atoms with E-state index < -0.39 is 0 Å². The van der Waals surface area contributed by atoms with Crippen LogP contribution in [0.15, 0.2) is 4.99 Å². The van der Waals surface area contributed by atoms with Crippen LogP contribution in [0.25, 0.3) is 0 Å². The van der Waals surface area contributed by atoms with Crippen molar-refractivity contribution in [2.45, 2.75) is 70.5 Å². The average Bonchev–Trinajstić information content (AvgIpc) is 3.40. The Balaban J connectivity index is 0.00000240. The van der Waals surface area contributed by atoms with Crippen LogP contribution in [0.1, 0.15) is 50.7 Å². The van der Waals surface area contributed by atoms with Gasteiger partial charge in [-0.2, -0.15) is 5.10 Å². The monoisotopic (exact) mass is 515 g/mol. The van der Waals surface area contributed by atoms with Gasteiger partial charge in [0.15, 0.2) is 11.8 Å². The Kier molecular flexibility index (Phi) is 7.39. The van der Waals surface area contributed by atoms with Crippen molar-refractivity contribution in [3.05, 3.63) is 11.6 Å². The van der Waals surface area contributed by atoms with Gasteiger partial charge in [-0.1, -0.05) is 13.3 Å². The first-order chi connectivity index (χ1) is 13.5. The summed E-state index contributed by atoms with van der Waals surface area (Å²) < 4.78 is 2.03. The number of carbonyl (C=O) groups is 1. The predicted octanol–water partition coefficient (Wildman–Crippen LogP) is 1.59. The van der Waals surface area contributed by atoms with Crippen LogP contribution in [0, 0.1) is 11.8 Å². The molecule has 1 aromatic heterocycles. The van der Waals surface area contributed by atoms with Crippen LogP contribution >= 0.6 is 24.0 Å². The molecule has 2 bridgehead atoms. The summed E-state index contributed by atoms with van der Waals surface area (Å²) in [5.74, 6) is 4.41. The molecule has 1 aliphatic heterocycles. The second kappa shape index (κ2) is 9.61. The number of aryl methyl sites for hydroxylation is 2. The summed E-state index contributed by atoms with van der Waals surface area (Å²) in [6.45, 7) is 3.05. The molecule has 4 rings (SSSR count). The maximum atomic E-state index is 12.0. The van der Waals surface area contributed by atoms with Crippen LogP contribution in [-0.2, 0) is 24.2 Å². The Labute approximate surface area is 190 Å². The second-order valence-corrected chi connectivity index (χ2v) is 8.74. The molecule has 4 atom stereocenters. The summed E-state index contributed by atoms with van der Waals surface area (Å²) >= 11 is 0. The van der Waals surface area contributed by atoms with Crippen molar-refractivity contribution in [2.75, 3.05) is 20.6 Å². The molecule has 9 heteroatoms. The fourth-order valence-corrected chi connectivity index (χ4v) is 4.84. The van der Waals surface area contributed by atoms with Crippen LogP contribution < -0.4 is 10.6 Å². The van der Waals surface area contributed by atoms with Gasteiger partial charge in [0.1, 0.15) is 12.4 Å². The number of hydrogen-bond acceptors (Lipinski definition) is 4. The van der Waals surface area contributed by atoms with Crippen molar-refractivity contribution < 1.29 is 4.79 Å². The highest BCUT2D eigenvalue weighted by Gasteiger charge is 2.40. The first kappa shape index (κ1) is 22.3. The second-order valence-electron chi connectivity index (χ2n) is 8.74. The molecule has 2 fully saturated rings. The van der Waals surface area contributed by atoms with E-state index in [1.165, 1.54) is 25.7 Å². The summed E-state index contributed by atoms with van der Waals surface area (Å²) in [4.78, 5) is 22.9.